The minimum Gasteiger partial charge on any atom is -0.478 e. The first-order chi connectivity index (χ1) is 15.5. The van der Waals surface area contributed by atoms with Crippen LogP contribution in [0.25, 0.3) is 0 Å². The maximum absolute atomic E-state index is 5.99. The summed E-state index contributed by atoms with van der Waals surface area (Å²) in [6, 6.07) is 6.31. The molecule has 2 N–H and O–H groups in total. The molecule has 2 heterocycles. The lowest BCUT2D eigenvalue weighted by Gasteiger charge is -2.27. The highest BCUT2D eigenvalue weighted by Crippen LogP contribution is 2.22. The van der Waals surface area contributed by atoms with Crippen molar-refractivity contribution in [3.8, 4) is 11.8 Å². The summed E-state index contributed by atoms with van der Waals surface area (Å²) < 4.78 is 11.6. The average molecular weight is 457 g/mol. The maximum atomic E-state index is 5.99. The van der Waals surface area contributed by atoms with E-state index in [0.717, 1.165) is 55.2 Å². The molecule has 0 bridgehead atoms. The molecule has 0 unspecified atom stereocenters. The van der Waals surface area contributed by atoms with Crippen LogP contribution in [0.4, 0.5) is 0 Å². The smallest absolute Gasteiger partial charge is 0.216 e. The predicted octanol–water partition coefficient (Wildman–Crippen LogP) is 4.75. The Balaban J connectivity index is 2.02. The molecule has 0 aliphatic rings. The molecule has 0 amide bonds. The number of nitrogens with one attached hydrogen (secondary N) is 2. The van der Waals surface area contributed by atoms with Gasteiger partial charge in [-0.15, -0.1) is 0 Å². The minimum absolute atomic E-state index is 0.0724. The van der Waals surface area contributed by atoms with Crippen molar-refractivity contribution in [2.24, 2.45) is 0 Å². The summed E-state index contributed by atoms with van der Waals surface area (Å²) in [5.41, 5.74) is 3.52. The average Bonchev–Trinajstić information content (AvgIpc) is 2.70. The number of nitrogens with zero attached hydrogens (tertiary/aromatic N) is 2. The molecule has 2 aromatic rings. The van der Waals surface area contributed by atoms with Crippen molar-refractivity contribution in [3.63, 3.8) is 0 Å². The second-order valence-electron chi connectivity index (χ2n) is 10.5. The summed E-state index contributed by atoms with van der Waals surface area (Å²) in [6.45, 7) is 19.5. The molecule has 0 radical (unpaired) electrons. The van der Waals surface area contributed by atoms with Gasteiger partial charge >= 0.3 is 0 Å². The highest BCUT2D eigenvalue weighted by molar-refractivity contribution is 5.31. The lowest BCUT2D eigenvalue weighted by Crippen LogP contribution is -2.42. The number of aromatic nitrogens is 2. The molecule has 6 nitrogen and oxygen atoms in total. The summed E-state index contributed by atoms with van der Waals surface area (Å²) in [4.78, 5) is 9.03. The number of pyridine rings is 2. The van der Waals surface area contributed by atoms with Crippen LogP contribution in [0.2, 0.25) is 0 Å². The lowest BCUT2D eigenvalue weighted by atomic mass is 9.94. The van der Waals surface area contributed by atoms with Gasteiger partial charge in [-0.05, 0) is 105 Å². The van der Waals surface area contributed by atoms with Gasteiger partial charge in [0.2, 0.25) is 11.8 Å². The van der Waals surface area contributed by atoms with Crippen LogP contribution >= 0.6 is 0 Å². The van der Waals surface area contributed by atoms with E-state index >= 15 is 0 Å². The fraction of sp³-hybridized carbons (Fsp3) is 0.630. The quantitative estimate of drug-likeness (QED) is 0.453. The molecule has 0 saturated heterocycles. The molecule has 0 atom stereocenters. The fourth-order valence-electron chi connectivity index (χ4n) is 3.71. The van der Waals surface area contributed by atoms with E-state index in [4.69, 9.17) is 9.47 Å². The lowest BCUT2D eigenvalue weighted by molar-refractivity contribution is 0.229. The highest BCUT2D eigenvalue weighted by atomic mass is 16.5. The Morgan fingerprint density at radius 1 is 0.939 bits per heavy atom. The number of hydrogen-bond acceptors (Lipinski definition) is 6. The van der Waals surface area contributed by atoms with Gasteiger partial charge in [-0.3, -0.25) is 0 Å². The molecule has 0 fully saturated rings. The van der Waals surface area contributed by atoms with Crippen molar-refractivity contribution in [1.82, 2.24) is 20.6 Å². The van der Waals surface area contributed by atoms with E-state index < -0.39 is 0 Å². The third-order valence-corrected chi connectivity index (χ3v) is 5.15. The number of rotatable bonds is 13. The van der Waals surface area contributed by atoms with Crippen LogP contribution in [0.5, 0.6) is 11.8 Å². The molecule has 0 spiro atoms. The second-order valence-corrected chi connectivity index (χ2v) is 10.5. The Bertz CT molecular complexity index is 859. The molecular weight excluding hydrogens is 412 g/mol. The van der Waals surface area contributed by atoms with Crippen molar-refractivity contribution in [2.75, 3.05) is 19.7 Å². The van der Waals surface area contributed by atoms with Gasteiger partial charge in [-0.2, -0.15) is 0 Å². The van der Waals surface area contributed by atoms with Gasteiger partial charge in [-0.25, -0.2) is 9.97 Å². The Morgan fingerprint density at radius 2 is 1.64 bits per heavy atom. The maximum Gasteiger partial charge on any atom is 0.216 e. The Labute approximate surface area is 200 Å². The fourth-order valence-corrected chi connectivity index (χ4v) is 3.71. The Kier molecular flexibility index (Phi) is 10.1. The van der Waals surface area contributed by atoms with E-state index in [1.54, 1.807) is 6.20 Å². The zero-order valence-electron chi connectivity index (χ0n) is 21.9. The van der Waals surface area contributed by atoms with Gasteiger partial charge < -0.3 is 20.1 Å². The van der Waals surface area contributed by atoms with Gasteiger partial charge in [0.15, 0.2) is 0 Å². The van der Waals surface area contributed by atoms with Gasteiger partial charge in [0, 0.05) is 34.6 Å². The zero-order chi connectivity index (χ0) is 24.5. The second kappa shape index (κ2) is 12.3. The third kappa shape index (κ3) is 10.1. The van der Waals surface area contributed by atoms with Crippen LogP contribution in [-0.4, -0.2) is 46.8 Å². The molecular formula is C27H44N4O2. The van der Waals surface area contributed by atoms with Crippen LogP contribution in [0, 0.1) is 0 Å². The van der Waals surface area contributed by atoms with Gasteiger partial charge in [-0.1, -0.05) is 6.07 Å². The molecule has 184 valence electrons. The molecule has 2 aromatic heterocycles. The molecule has 0 saturated carbocycles. The standard InChI is InChI=1S/C27H44N4O2/c1-9-32-24-22(11-10-14-28-24)12-16-31-27(7,8)18-21-17-23(13-15-30-26(4,5)6)25(29-19-21)33-20(2)3/h10-11,14,17,19-20,30-31H,9,12-13,15-16,18H2,1-8H3. The summed E-state index contributed by atoms with van der Waals surface area (Å²) in [6.07, 6.45) is 6.47. The molecule has 0 aliphatic heterocycles. The first-order valence-corrected chi connectivity index (χ1v) is 12.2. The highest BCUT2D eigenvalue weighted by Gasteiger charge is 2.20. The van der Waals surface area contributed by atoms with E-state index in [9.17, 15) is 0 Å². The van der Waals surface area contributed by atoms with E-state index in [-0.39, 0.29) is 17.2 Å². The van der Waals surface area contributed by atoms with Gasteiger partial charge in [0.25, 0.3) is 0 Å². The topological polar surface area (TPSA) is 68.3 Å². The van der Waals surface area contributed by atoms with Crippen molar-refractivity contribution < 1.29 is 9.47 Å². The monoisotopic (exact) mass is 456 g/mol. The zero-order valence-corrected chi connectivity index (χ0v) is 21.9. The SMILES string of the molecule is CCOc1ncccc1CCNC(C)(C)Cc1cnc(OC(C)C)c(CCNC(C)(C)C)c1. The Morgan fingerprint density at radius 3 is 2.30 bits per heavy atom. The third-order valence-electron chi connectivity index (χ3n) is 5.15. The first kappa shape index (κ1) is 27.1. The summed E-state index contributed by atoms with van der Waals surface area (Å²) in [5, 5.41) is 7.26. The van der Waals surface area contributed by atoms with Crippen LogP contribution in [0.1, 0.15) is 72.1 Å². The van der Waals surface area contributed by atoms with Crippen LogP contribution in [0.3, 0.4) is 0 Å². The number of ether oxygens (including phenoxy) is 2. The van der Waals surface area contributed by atoms with Crippen molar-refractivity contribution in [1.29, 1.82) is 0 Å². The minimum atomic E-state index is -0.0724. The van der Waals surface area contributed by atoms with Crippen molar-refractivity contribution >= 4 is 0 Å². The summed E-state index contributed by atoms with van der Waals surface area (Å²) in [7, 11) is 0. The van der Waals surface area contributed by atoms with E-state index in [2.05, 4.69) is 67.4 Å². The largest absolute Gasteiger partial charge is 0.478 e. The number of hydrogen-bond donors (Lipinski definition) is 2. The van der Waals surface area contributed by atoms with E-state index in [0.29, 0.717) is 6.61 Å². The van der Waals surface area contributed by atoms with Crippen molar-refractivity contribution in [3.05, 3.63) is 47.3 Å². The van der Waals surface area contributed by atoms with E-state index in [1.165, 1.54) is 5.56 Å². The molecule has 6 heteroatoms. The summed E-state index contributed by atoms with van der Waals surface area (Å²) in [5.74, 6) is 1.48. The predicted molar refractivity (Wildman–Crippen MR) is 136 cm³/mol. The van der Waals surface area contributed by atoms with Gasteiger partial charge in [0.05, 0.1) is 12.7 Å². The summed E-state index contributed by atoms with van der Waals surface area (Å²) >= 11 is 0. The van der Waals surface area contributed by atoms with Gasteiger partial charge in [0.1, 0.15) is 0 Å². The van der Waals surface area contributed by atoms with Crippen LogP contribution < -0.4 is 20.1 Å². The molecule has 0 aromatic carbocycles. The molecule has 2 rings (SSSR count). The molecule has 0 aliphatic carbocycles. The normalized spacial score (nSPS) is 12.3. The van der Waals surface area contributed by atoms with Crippen LogP contribution in [0.15, 0.2) is 30.6 Å². The van der Waals surface area contributed by atoms with Crippen LogP contribution in [-0.2, 0) is 19.3 Å². The van der Waals surface area contributed by atoms with Crippen molar-refractivity contribution in [2.45, 2.75) is 91.8 Å². The Hall–Kier alpha value is -2.18. The first-order valence-electron chi connectivity index (χ1n) is 12.2. The van der Waals surface area contributed by atoms with E-state index in [1.807, 2.05) is 33.0 Å². The molecule has 33 heavy (non-hydrogen) atoms.